The molecular weight excluding hydrogens is 1210 g/mol. The zero-order valence-electron chi connectivity index (χ0n) is 49.2. The van der Waals surface area contributed by atoms with Gasteiger partial charge in [0, 0.05) is 91.5 Å². The number of ether oxygens (including phenoxy) is 6. The molecule has 85 heavy (non-hydrogen) atoms. The molecule has 3 unspecified atom stereocenters. The van der Waals surface area contributed by atoms with E-state index in [2.05, 4.69) is 37.2 Å². The summed E-state index contributed by atoms with van der Waals surface area (Å²) in [5.74, 6) is -7.28. The average Bonchev–Trinajstić information content (AvgIpc) is 3.59. The van der Waals surface area contributed by atoms with Crippen molar-refractivity contribution in [1.29, 1.82) is 0 Å². The number of carbonyl (C=O) groups excluding carboxylic acids is 8. The van der Waals surface area contributed by atoms with Gasteiger partial charge in [0.2, 0.25) is 0 Å². The Morgan fingerprint density at radius 2 is 0.729 bits per heavy atom. The molecule has 4 atom stereocenters. The van der Waals surface area contributed by atoms with Gasteiger partial charge in [-0.2, -0.15) is 0 Å². The van der Waals surface area contributed by atoms with Crippen molar-refractivity contribution in [3.63, 3.8) is 0 Å². The van der Waals surface area contributed by atoms with E-state index in [0.29, 0.717) is 104 Å². The number of esters is 1. The summed E-state index contributed by atoms with van der Waals surface area (Å²) in [4.78, 5) is 118. The van der Waals surface area contributed by atoms with Gasteiger partial charge < -0.3 is 113 Å². The number of hydrogen-bond donors (Lipinski definition) is 9. The van der Waals surface area contributed by atoms with Gasteiger partial charge >= 0.3 is 35.5 Å². The zero-order chi connectivity index (χ0) is 63.9. The van der Waals surface area contributed by atoms with Crippen molar-refractivity contribution in [1.82, 2.24) is 37.2 Å². The molecule has 0 aromatic heterocycles. The predicted molar refractivity (Wildman–Crippen MR) is 300 cm³/mol. The van der Waals surface area contributed by atoms with Gasteiger partial charge in [-0.1, -0.05) is 0 Å². The predicted octanol–water partition coefficient (Wildman–Crippen LogP) is -2.96. The van der Waals surface area contributed by atoms with E-state index in [1.807, 2.05) is 0 Å². The van der Waals surface area contributed by atoms with Gasteiger partial charge in [0.05, 0.1) is 84.8 Å². The minimum Gasteiger partial charge on any atom is -0.779 e. The van der Waals surface area contributed by atoms with Gasteiger partial charge in [0.1, 0.15) is 21.8 Å². The molecule has 0 aromatic rings. The van der Waals surface area contributed by atoms with Crippen LogP contribution in [-0.2, 0) is 103 Å². The minimum absolute atomic E-state index is 0.0334. The molecule has 2 rings (SSSR count). The van der Waals surface area contributed by atoms with E-state index in [1.54, 1.807) is 0 Å². The fraction of sp³-hybridized carbons (Fsp3) is 0.833. The summed E-state index contributed by atoms with van der Waals surface area (Å²) in [5, 5.41) is 36.8. The lowest BCUT2D eigenvalue weighted by molar-refractivity contribution is -0.202. The highest BCUT2D eigenvalue weighted by molar-refractivity contribution is 7.57. The largest absolute Gasteiger partial charge is 0.779 e. The van der Waals surface area contributed by atoms with E-state index < -0.39 is 102 Å². The van der Waals surface area contributed by atoms with Crippen LogP contribution < -0.4 is 47.0 Å². The molecule has 9 N–H and O–H groups in total. The van der Waals surface area contributed by atoms with E-state index in [1.165, 1.54) is 26.7 Å². The van der Waals surface area contributed by atoms with E-state index in [9.17, 15) is 76.6 Å². The van der Waals surface area contributed by atoms with Crippen LogP contribution in [0.5, 0.6) is 0 Å². The first-order chi connectivity index (χ1) is 39.9. The third kappa shape index (κ3) is 44.3. The normalized spacial score (nSPS) is 19.2. The van der Waals surface area contributed by atoms with Crippen LogP contribution in [0, 0.1) is 0 Å². The SMILES string of the molecule is CP(C)(=O)OCCOCCNC(=O)C(=O)NCCCOCCOCCOCCCNC(=O)C(=O)NC1CCC(OP(C)(=O)[O-])CC1.CP(C)(=O)OCCOCCNC(=O)[C@H](O)C(O)C(=O)NCCOC(=O)C(=O)NC1CCC(OP(C)(=O)[O-])CC1. The maximum atomic E-state index is 12.1. The van der Waals surface area contributed by atoms with Crippen LogP contribution in [0.3, 0.4) is 0 Å². The first kappa shape index (κ1) is 79.2. The van der Waals surface area contributed by atoms with Crippen LogP contribution in [0.4, 0.5) is 0 Å². The smallest absolute Gasteiger partial charge is 0.396 e. The van der Waals surface area contributed by atoms with Crippen molar-refractivity contribution in [2.45, 2.75) is 101 Å². The van der Waals surface area contributed by atoms with Crippen molar-refractivity contribution in [3.8, 4) is 0 Å². The molecule has 0 heterocycles. The lowest BCUT2D eigenvalue weighted by atomic mass is 9.93. The Morgan fingerprint density at radius 3 is 1.12 bits per heavy atom. The molecule has 494 valence electrons. The molecule has 0 spiro atoms. The van der Waals surface area contributed by atoms with Gasteiger partial charge in [0.15, 0.2) is 26.9 Å². The highest BCUT2D eigenvalue weighted by atomic mass is 31.2. The van der Waals surface area contributed by atoms with Crippen molar-refractivity contribution >= 4 is 77.2 Å². The van der Waals surface area contributed by atoms with Crippen LogP contribution >= 0.6 is 29.9 Å². The molecule has 0 aromatic carbocycles. The minimum atomic E-state index is -3.86. The lowest BCUT2D eigenvalue weighted by Crippen LogP contribution is -2.50. The summed E-state index contributed by atoms with van der Waals surface area (Å²) < 4.78 is 96.6. The zero-order valence-corrected chi connectivity index (χ0v) is 52.8. The Morgan fingerprint density at radius 1 is 0.412 bits per heavy atom. The van der Waals surface area contributed by atoms with Gasteiger partial charge in [-0.3, -0.25) is 42.7 Å². The van der Waals surface area contributed by atoms with Crippen LogP contribution in [-0.4, -0.2) is 253 Å². The number of amides is 7. The van der Waals surface area contributed by atoms with Crippen molar-refractivity contribution in [2.24, 2.45) is 0 Å². The Bertz CT molecular complexity index is 2220. The number of aliphatic hydroxyl groups excluding tert-OH is 2. The number of hydrogen-bond acceptors (Lipinski definition) is 26. The Hall–Kier alpha value is -3.84. The van der Waals surface area contributed by atoms with Crippen LogP contribution in [0.2, 0.25) is 0 Å². The molecule has 2 saturated carbocycles. The molecule has 7 amide bonds. The Kier molecular flexibility index (Phi) is 40.7. The van der Waals surface area contributed by atoms with E-state index >= 15 is 0 Å². The summed E-state index contributed by atoms with van der Waals surface area (Å²) in [6.07, 6.45) is -0.321. The second-order valence-electron chi connectivity index (χ2n) is 20.0. The summed E-state index contributed by atoms with van der Waals surface area (Å²) in [5.41, 5.74) is 0. The van der Waals surface area contributed by atoms with Crippen LogP contribution in [0.1, 0.15) is 64.2 Å². The summed E-state index contributed by atoms with van der Waals surface area (Å²) in [6.45, 7) is 11.0. The van der Waals surface area contributed by atoms with Crippen LogP contribution in [0.25, 0.3) is 0 Å². The third-order valence-electron chi connectivity index (χ3n) is 11.4. The number of nitrogens with one attached hydrogen (secondary N) is 7. The highest BCUT2D eigenvalue weighted by Crippen LogP contribution is 2.39. The molecule has 0 bridgehead atoms. The fourth-order valence-corrected chi connectivity index (χ4v) is 9.93. The first-order valence-corrected chi connectivity index (χ1v) is 36.6. The monoisotopic (exact) mass is 1300 g/mol. The van der Waals surface area contributed by atoms with Gasteiger partial charge in [-0.05, 0) is 64.2 Å². The number of carbonyl (C=O) groups is 8. The Labute approximate surface area is 495 Å². The van der Waals surface area contributed by atoms with Crippen molar-refractivity contribution < 1.29 is 123 Å². The third-order valence-corrected chi connectivity index (χ3v) is 14.3. The average molecular weight is 1300 g/mol. The highest BCUT2D eigenvalue weighted by Gasteiger charge is 2.31. The lowest BCUT2D eigenvalue weighted by Gasteiger charge is -2.32. The topological polar surface area (TPSA) is 468 Å². The maximum absolute atomic E-state index is 12.1. The molecular formula is C48H89N7O26P4-2. The van der Waals surface area contributed by atoms with Gasteiger partial charge in [-0.15, -0.1) is 0 Å². The molecule has 2 aliphatic carbocycles. The molecule has 33 nitrogen and oxygen atoms in total. The standard InChI is InChI=1S/C27H52N4O13P2.C21H39N3O13P2/c1-45(2,36)43-21-20-41-15-12-30-25(33)24(32)28-10-4-13-39-16-18-42-19-17-40-14-5-11-29-26(34)27(35)31-22-6-8-23(9-7-22)44-46(3,37)38;1-38(2,31)36-13-12-34-10-8-22-18(27)16(25)17(26)19(28)23-9-11-35-21(30)20(29)24-14-4-6-15(7-5-14)37-39(3,32)33/h22-23H,4-21H2,1-3H3,(H,28,32)(H,29,34)(H,30,33)(H,31,35)(H,37,38);14-17,25-26H,4-13H2,1-3H3,(H,22,27)(H,23,28)(H,24,29)(H,32,33)/p-2/t;14?,15?,16-,17?/m.1/s1. The Balaban J connectivity index is 0.000000862. The second-order valence-corrected chi connectivity index (χ2v) is 29.0. The van der Waals surface area contributed by atoms with E-state index in [0.717, 1.165) is 13.3 Å². The fourth-order valence-electron chi connectivity index (χ4n) is 7.40. The molecule has 37 heteroatoms. The quantitative estimate of drug-likeness (QED) is 0.0128. The first-order valence-electron chi connectivity index (χ1n) is 27.6. The molecule has 0 saturated heterocycles. The molecule has 2 fully saturated rings. The van der Waals surface area contributed by atoms with Gasteiger partial charge in [-0.25, -0.2) is 4.79 Å². The summed E-state index contributed by atoms with van der Waals surface area (Å²) in [7, 11) is -12.8. The number of aliphatic hydroxyl groups is 2. The van der Waals surface area contributed by atoms with Gasteiger partial charge in [0.25, 0.3) is 11.8 Å². The molecule has 0 radical (unpaired) electrons. The van der Waals surface area contributed by atoms with E-state index in [4.69, 9.17) is 46.5 Å². The van der Waals surface area contributed by atoms with E-state index in [-0.39, 0.29) is 90.6 Å². The molecule has 2 aliphatic rings. The van der Waals surface area contributed by atoms with Crippen molar-refractivity contribution in [2.75, 3.05) is 159 Å². The molecule has 0 aliphatic heterocycles. The summed E-state index contributed by atoms with van der Waals surface area (Å²) in [6, 6.07) is -0.549. The van der Waals surface area contributed by atoms with Crippen LogP contribution in [0.15, 0.2) is 0 Å². The summed E-state index contributed by atoms with van der Waals surface area (Å²) >= 11 is 0. The van der Waals surface area contributed by atoms with Crippen molar-refractivity contribution in [3.05, 3.63) is 0 Å². The number of rotatable bonds is 40. The second kappa shape index (κ2) is 43.7. The maximum Gasteiger partial charge on any atom is 0.396 e.